The van der Waals surface area contributed by atoms with Gasteiger partial charge in [-0.25, -0.2) is 0 Å². The third-order valence-electron chi connectivity index (χ3n) is 3.69. The van der Waals surface area contributed by atoms with E-state index in [0.29, 0.717) is 10.9 Å². The number of aromatic hydroxyl groups is 1. The van der Waals surface area contributed by atoms with Crippen LogP contribution in [0.25, 0.3) is 10.9 Å². The normalized spacial score (nSPS) is 10.7. The molecule has 1 N–H and O–H groups in total. The summed E-state index contributed by atoms with van der Waals surface area (Å²) in [5, 5.41) is 21.2. The van der Waals surface area contributed by atoms with Crippen LogP contribution >= 0.6 is 0 Å². The molecule has 7 heteroatoms. The predicted octanol–water partition coefficient (Wildman–Crippen LogP) is 2.73. The summed E-state index contributed by atoms with van der Waals surface area (Å²) in [5.41, 5.74) is 0.504. The fourth-order valence-corrected chi connectivity index (χ4v) is 2.52. The number of hydrogen-bond acceptors (Lipinski definition) is 5. The van der Waals surface area contributed by atoms with Crippen molar-refractivity contribution in [3.63, 3.8) is 0 Å². The molecule has 7 nitrogen and oxygen atoms in total. The van der Waals surface area contributed by atoms with Crippen molar-refractivity contribution in [3.05, 3.63) is 74.6 Å². The first-order chi connectivity index (χ1) is 11.5. The minimum Gasteiger partial charge on any atom is -0.503 e. The van der Waals surface area contributed by atoms with E-state index in [-0.39, 0.29) is 18.0 Å². The molecule has 0 radical (unpaired) electrons. The molecule has 0 aliphatic heterocycles. The van der Waals surface area contributed by atoms with E-state index in [9.17, 15) is 20.0 Å². The van der Waals surface area contributed by atoms with Crippen LogP contribution in [-0.4, -0.2) is 14.6 Å². The summed E-state index contributed by atoms with van der Waals surface area (Å²) in [6.07, 6.45) is 0. The van der Waals surface area contributed by atoms with Gasteiger partial charge in [0, 0.05) is 18.5 Å². The summed E-state index contributed by atoms with van der Waals surface area (Å²) in [6.45, 7) is 0.201. The topological polar surface area (TPSA) is 94.6 Å². The van der Waals surface area contributed by atoms with Gasteiger partial charge in [-0.15, -0.1) is 0 Å². The van der Waals surface area contributed by atoms with Crippen molar-refractivity contribution in [3.8, 4) is 11.5 Å². The van der Waals surface area contributed by atoms with Crippen LogP contribution < -0.4 is 10.3 Å². The summed E-state index contributed by atoms with van der Waals surface area (Å²) < 4.78 is 6.94. The van der Waals surface area contributed by atoms with Crippen LogP contribution in [0, 0.1) is 10.1 Å². The lowest BCUT2D eigenvalue weighted by atomic mass is 10.1. The average molecular weight is 326 g/mol. The molecular weight excluding hydrogens is 312 g/mol. The van der Waals surface area contributed by atoms with Crippen LogP contribution in [0.3, 0.4) is 0 Å². The smallest absolute Gasteiger partial charge is 0.292 e. The van der Waals surface area contributed by atoms with Crippen LogP contribution in [0.1, 0.15) is 5.56 Å². The lowest BCUT2D eigenvalue weighted by molar-refractivity contribution is -0.384. The Balaban J connectivity index is 2.15. The van der Waals surface area contributed by atoms with E-state index in [0.717, 1.165) is 5.56 Å². The summed E-state index contributed by atoms with van der Waals surface area (Å²) in [5.74, 6) is -0.262. The number of nitro groups is 1. The van der Waals surface area contributed by atoms with E-state index >= 15 is 0 Å². The Morgan fingerprint density at radius 3 is 2.58 bits per heavy atom. The largest absolute Gasteiger partial charge is 0.503 e. The van der Waals surface area contributed by atoms with Gasteiger partial charge in [0.1, 0.15) is 6.61 Å². The summed E-state index contributed by atoms with van der Waals surface area (Å²) in [7, 11) is 1.48. The van der Waals surface area contributed by atoms with Crippen molar-refractivity contribution in [2.75, 3.05) is 0 Å². The van der Waals surface area contributed by atoms with Crippen LogP contribution in [0.15, 0.2) is 53.3 Å². The van der Waals surface area contributed by atoms with E-state index in [2.05, 4.69) is 0 Å². The molecule has 0 amide bonds. The van der Waals surface area contributed by atoms with Crippen LogP contribution in [0.2, 0.25) is 0 Å². The van der Waals surface area contributed by atoms with Gasteiger partial charge in [0.05, 0.1) is 16.5 Å². The first-order valence-corrected chi connectivity index (χ1v) is 7.15. The van der Waals surface area contributed by atoms with Crippen molar-refractivity contribution < 1.29 is 14.8 Å². The number of benzene rings is 2. The lowest BCUT2D eigenvalue weighted by Gasteiger charge is -2.13. The average Bonchev–Trinajstić information content (AvgIpc) is 2.58. The summed E-state index contributed by atoms with van der Waals surface area (Å²) >= 11 is 0. The maximum atomic E-state index is 12.0. The van der Waals surface area contributed by atoms with E-state index in [1.54, 1.807) is 0 Å². The number of aryl methyl sites for hydroxylation is 1. The highest BCUT2D eigenvalue weighted by Gasteiger charge is 2.17. The van der Waals surface area contributed by atoms with E-state index in [1.165, 1.54) is 29.8 Å². The highest BCUT2D eigenvalue weighted by atomic mass is 16.6. The quantitative estimate of drug-likeness (QED) is 0.587. The number of non-ortho nitro benzene ring substituents is 1. The molecule has 3 rings (SSSR count). The summed E-state index contributed by atoms with van der Waals surface area (Å²) in [6, 6.07) is 13.1. The number of ether oxygens (including phenoxy) is 1. The van der Waals surface area contributed by atoms with Crippen LogP contribution in [-0.2, 0) is 13.7 Å². The van der Waals surface area contributed by atoms with Crippen molar-refractivity contribution in [2.45, 2.75) is 6.61 Å². The number of rotatable bonds is 4. The third-order valence-corrected chi connectivity index (χ3v) is 3.69. The van der Waals surface area contributed by atoms with Crippen molar-refractivity contribution >= 4 is 16.6 Å². The Hall–Kier alpha value is -3.35. The highest BCUT2D eigenvalue weighted by molar-refractivity contribution is 5.88. The van der Waals surface area contributed by atoms with Gasteiger partial charge < -0.3 is 14.4 Å². The molecule has 0 aliphatic carbocycles. The molecule has 24 heavy (non-hydrogen) atoms. The number of fused-ring (bicyclic) bond motifs is 1. The molecule has 0 fully saturated rings. The molecule has 0 unspecified atom stereocenters. The van der Waals surface area contributed by atoms with Gasteiger partial charge in [-0.1, -0.05) is 30.3 Å². The number of pyridine rings is 1. The zero-order valence-electron chi connectivity index (χ0n) is 12.8. The molecule has 0 atom stereocenters. The highest BCUT2D eigenvalue weighted by Crippen LogP contribution is 2.32. The number of nitrogens with zero attached hydrogens (tertiary/aromatic N) is 2. The minimum atomic E-state index is -0.596. The molecular formula is C17H14N2O5. The monoisotopic (exact) mass is 326 g/mol. The first-order valence-electron chi connectivity index (χ1n) is 7.15. The minimum absolute atomic E-state index is 0.177. The summed E-state index contributed by atoms with van der Waals surface area (Å²) in [4.78, 5) is 22.5. The number of hydrogen-bond donors (Lipinski definition) is 1. The number of nitro benzene ring substituents is 1. The zero-order chi connectivity index (χ0) is 17.3. The maximum Gasteiger partial charge on any atom is 0.292 e. The van der Waals surface area contributed by atoms with Crippen molar-refractivity contribution in [2.24, 2.45) is 7.05 Å². The molecule has 0 saturated heterocycles. The van der Waals surface area contributed by atoms with Gasteiger partial charge in [0.2, 0.25) is 0 Å². The fourth-order valence-electron chi connectivity index (χ4n) is 2.52. The second-order valence-corrected chi connectivity index (χ2v) is 5.31. The molecule has 0 saturated carbocycles. The Morgan fingerprint density at radius 2 is 1.92 bits per heavy atom. The first kappa shape index (κ1) is 15.5. The van der Waals surface area contributed by atoms with E-state index in [1.807, 2.05) is 30.3 Å². The van der Waals surface area contributed by atoms with Gasteiger partial charge in [-0.3, -0.25) is 14.9 Å². The molecule has 1 aromatic heterocycles. The third kappa shape index (κ3) is 2.79. The van der Waals surface area contributed by atoms with Gasteiger partial charge in [-0.2, -0.15) is 0 Å². The predicted molar refractivity (Wildman–Crippen MR) is 88.3 cm³/mol. The Morgan fingerprint density at radius 1 is 1.21 bits per heavy atom. The van der Waals surface area contributed by atoms with Gasteiger partial charge in [0.25, 0.3) is 11.2 Å². The molecule has 3 aromatic rings. The van der Waals surface area contributed by atoms with Gasteiger partial charge in [0.15, 0.2) is 11.5 Å². The van der Waals surface area contributed by atoms with E-state index in [4.69, 9.17) is 4.74 Å². The SMILES string of the molecule is Cn1c(=O)c(O)cc2cc([N+](=O)[O-])cc(OCc3ccccc3)c21. The lowest BCUT2D eigenvalue weighted by Crippen LogP contribution is -2.17. The van der Waals surface area contributed by atoms with Crippen molar-refractivity contribution in [1.29, 1.82) is 0 Å². The Bertz CT molecular complexity index is 980. The second-order valence-electron chi connectivity index (χ2n) is 5.31. The van der Waals surface area contributed by atoms with Crippen LogP contribution in [0.5, 0.6) is 11.5 Å². The molecule has 0 bridgehead atoms. The molecule has 1 heterocycles. The van der Waals surface area contributed by atoms with E-state index < -0.39 is 16.2 Å². The maximum absolute atomic E-state index is 12.0. The molecule has 2 aromatic carbocycles. The standard InChI is InChI=1S/C17H14N2O5/c1-18-16-12(8-14(20)17(18)21)7-13(19(22)23)9-15(16)24-10-11-5-3-2-4-6-11/h2-9,20H,10H2,1H3. The van der Waals surface area contributed by atoms with Gasteiger partial charge >= 0.3 is 0 Å². The molecule has 0 aliphatic rings. The fraction of sp³-hybridized carbons (Fsp3) is 0.118. The van der Waals surface area contributed by atoms with Crippen LogP contribution in [0.4, 0.5) is 5.69 Å². The molecule has 122 valence electrons. The molecule has 0 spiro atoms. The van der Waals surface area contributed by atoms with Crippen molar-refractivity contribution in [1.82, 2.24) is 4.57 Å². The van der Waals surface area contributed by atoms with Gasteiger partial charge in [-0.05, 0) is 11.6 Å². The number of aromatic nitrogens is 1. The second kappa shape index (κ2) is 6.04. The Labute approximate surface area is 136 Å². The Kier molecular flexibility index (Phi) is 3.91. The zero-order valence-corrected chi connectivity index (χ0v) is 12.8.